The molecule has 0 spiro atoms. The minimum atomic E-state index is -0.0758. The predicted molar refractivity (Wildman–Crippen MR) is 162 cm³/mol. The fraction of sp³-hybridized carbons (Fsp3) is 0.414. The molecule has 0 radical (unpaired) electrons. The van der Waals surface area contributed by atoms with Crippen LogP contribution in [0.25, 0.3) is 17.2 Å². The van der Waals surface area contributed by atoms with E-state index in [9.17, 15) is 4.79 Å². The van der Waals surface area contributed by atoms with Crippen LogP contribution >= 0.6 is 24.0 Å². The molecule has 12 heteroatoms. The Labute approximate surface area is 249 Å². The largest absolute Gasteiger partial charge is 0.492 e. The van der Waals surface area contributed by atoms with Gasteiger partial charge in [-0.05, 0) is 47.7 Å². The van der Waals surface area contributed by atoms with Crippen molar-refractivity contribution in [2.45, 2.75) is 25.9 Å². The third-order valence-corrected chi connectivity index (χ3v) is 8.34. The Morgan fingerprint density at radius 2 is 1.90 bits per heavy atom. The maximum atomic E-state index is 13.4. The first-order valence-electron chi connectivity index (χ1n) is 13.7. The van der Waals surface area contributed by atoms with Gasteiger partial charge in [-0.2, -0.15) is 5.21 Å². The molecule has 2 saturated heterocycles. The van der Waals surface area contributed by atoms with Gasteiger partial charge < -0.3 is 14.2 Å². The number of carbonyl (C=O) groups excluding carboxylic acids is 1. The Morgan fingerprint density at radius 1 is 1.10 bits per heavy atom. The monoisotopic (exact) mass is 594 g/mol. The third kappa shape index (κ3) is 7.98. The molecule has 1 N–H and O–H groups in total. The molecule has 0 saturated carbocycles. The van der Waals surface area contributed by atoms with Gasteiger partial charge in [-0.15, -0.1) is 10.2 Å². The number of aryl methyl sites for hydroxylation is 1. The van der Waals surface area contributed by atoms with Crippen molar-refractivity contribution in [1.82, 2.24) is 30.4 Å². The smallest absolute Gasteiger partial charge is 0.266 e. The van der Waals surface area contributed by atoms with Crippen LogP contribution in [0.4, 0.5) is 0 Å². The lowest BCUT2D eigenvalue weighted by Crippen LogP contribution is -2.38. The highest BCUT2D eigenvalue weighted by Crippen LogP contribution is 2.36. The fourth-order valence-electron chi connectivity index (χ4n) is 4.72. The van der Waals surface area contributed by atoms with Crippen molar-refractivity contribution in [2.24, 2.45) is 0 Å². The maximum absolute atomic E-state index is 13.4. The number of rotatable bonds is 13. The Kier molecular flexibility index (Phi) is 10.5. The lowest BCUT2D eigenvalue weighted by molar-refractivity contribution is -0.122. The number of aromatic amines is 1. The number of benzene rings is 2. The van der Waals surface area contributed by atoms with Crippen LogP contribution in [0.15, 0.2) is 47.4 Å². The fourth-order valence-corrected chi connectivity index (χ4v) is 6.02. The molecule has 2 aliphatic heterocycles. The molecule has 0 unspecified atom stereocenters. The van der Waals surface area contributed by atoms with E-state index >= 15 is 0 Å². The van der Waals surface area contributed by atoms with Gasteiger partial charge >= 0.3 is 0 Å². The first-order valence-corrected chi connectivity index (χ1v) is 15.0. The number of H-pyrrole nitrogens is 1. The van der Waals surface area contributed by atoms with Crippen molar-refractivity contribution in [3.8, 4) is 16.9 Å². The van der Waals surface area contributed by atoms with E-state index in [0.717, 1.165) is 73.7 Å². The molecule has 5 rings (SSSR count). The first kappa shape index (κ1) is 29.3. The van der Waals surface area contributed by atoms with Gasteiger partial charge in [0.25, 0.3) is 5.91 Å². The quantitative estimate of drug-likeness (QED) is 0.178. The molecule has 2 aromatic carbocycles. The summed E-state index contributed by atoms with van der Waals surface area (Å²) < 4.78 is 17.5. The Bertz CT molecular complexity index is 1340. The van der Waals surface area contributed by atoms with Gasteiger partial charge in [-0.1, -0.05) is 59.5 Å². The summed E-state index contributed by atoms with van der Waals surface area (Å²) in [4.78, 5) is 18.0. The van der Waals surface area contributed by atoms with Crippen molar-refractivity contribution < 1.29 is 19.0 Å². The number of hydrogen-bond donors (Lipinski definition) is 1. The summed E-state index contributed by atoms with van der Waals surface area (Å²) in [6.07, 6.45) is 4.23. The van der Waals surface area contributed by atoms with Gasteiger partial charge in [0.1, 0.15) is 16.7 Å². The van der Waals surface area contributed by atoms with Crippen LogP contribution in [-0.4, -0.2) is 93.8 Å². The number of morpholine rings is 1. The highest BCUT2D eigenvalue weighted by molar-refractivity contribution is 8.26. The number of nitrogens with zero attached hydrogens (tertiary/aromatic N) is 5. The number of nitrogens with one attached hydrogen (secondary N) is 1. The average molecular weight is 595 g/mol. The molecule has 10 nitrogen and oxygen atoms in total. The Balaban J connectivity index is 1.31. The Morgan fingerprint density at radius 3 is 2.66 bits per heavy atom. The number of aromatic nitrogens is 4. The summed E-state index contributed by atoms with van der Waals surface area (Å²) >= 11 is 6.92. The van der Waals surface area contributed by atoms with Crippen molar-refractivity contribution in [3.05, 3.63) is 64.3 Å². The van der Waals surface area contributed by atoms with Crippen LogP contribution in [0.5, 0.6) is 5.75 Å². The summed E-state index contributed by atoms with van der Waals surface area (Å²) in [5, 5.41) is 14.0. The van der Waals surface area contributed by atoms with Gasteiger partial charge in [-0.3, -0.25) is 14.6 Å². The first-order chi connectivity index (χ1) is 20.1. The number of methoxy groups -OCH3 is 1. The minimum Gasteiger partial charge on any atom is -0.492 e. The minimum absolute atomic E-state index is 0.0758. The number of unbranched alkanes of at least 4 members (excludes halogenated alkanes) is 1. The zero-order valence-corrected chi connectivity index (χ0v) is 24.7. The van der Waals surface area contributed by atoms with Crippen LogP contribution in [0.2, 0.25) is 0 Å². The number of thioether (sulfide) groups is 1. The predicted octanol–water partition coefficient (Wildman–Crippen LogP) is 3.95. The van der Waals surface area contributed by atoms with Crippen LogP contribution < -0.4 is 4.74 Å². The molecule has 0 atom stereocenters. The molecule has 216 valence electrons. The van der Waals surface area contributed by atoms with E-state index in [1.54, 1.807) is 12.0 Å². The van der Waals surface area contributed by atoms with E-state index in [0.29, 0.717) is 41.2 Å². The van der Waals surface area contributed by atoms with Crippen LogP contribution in [-0.2, 0) is 27.3 Å². The summed E-state index contributed by atoms with van der Waals surface area (Å²) in [7, 11) is 1.69. The van der Waals surface area contributed by atoms with Crippen molar-refractivity contribution in [2.75, 3.05) is 53.1 Å². The van der Waals surface area contributed by atoms with Gasteiger partial charge in [0.2, 0.25) is 0 Å². The molecule has 0 bridgehead atoms. The van der Waals surface area contributed by atoms with Crippen LogP contribution in [0.3, 0.4) is 0 Å². The topological polar surface area (TPSA) is 106 Å². The van der Waals surface area contributed by atoms with Gasteiger partial charge in [0.15, 0.2) is 5.82 Å². The summed E-state index contributed by atoms with van der Waals surface area (Å²) in [6, 6.07) is 14.4. The number of hydrogen-bond acceptors (Lipinski definition) is 10. The molecule has 1 amide bonds. The molecule has 3 heterocycles. The summed E-state index contributed by atoms with van der Waals surface area (Å²) in [6.45, 7) is 5.81. The lowest BCUT2D eigenvalue weighted by atomic mass is 10.0. The second-order valence-corrected chi connectivity index (χ2v) is 11.5. The second kappa shape index (κ2) is 14.6. The maximum Gasteiger partial charge on any atom is 0.266 e. The Hall–Kier alpha value is -3.16. The number of tetrazole rings is 1. The number of thiocarbonyl (C=S) groups is 1. The van der Waals surface area contributed by atoms with Gasteiger partial charge in [0.05, 0.1) is 24.7 Å². The highest BCUT2D eigenvalue weighted by atomic mass is 32.2. The zero-order valence-electron chi connectivity index (χ0n) is 23.1. The van der Waals surface area contributed by atoms with Gasteiger partial charge in [-0.25, -0.2) is 0 Å². The second-order valence-electron chi connectivity index (χ2n) is 9.80. The standard InChI is InChI=1S/C29H34N6O4S2/c1-37-20-21-5-7-22(8-6-21)23-9-10-25(39-17-14-34-12-15-38-16-13-34)24(18-23)19-26-28(36)35(29(40)41-26)11-3-2-4-27-30-32-33-31-27/h5-10,18-19H,2-4,11-17,20H2,1H3,(H,30,31,32,33). The molecule has 2 fully saturated rings. The molecular formula is C29H34N6O4S2. The number of amides is 1. The number of carbonyl (C=O) groups is 1. The van der Waals surface area contributed by atoms with Gasteiger partial charge in [0, 0.05) is 45.3 Å². The van der Waals surface area contributed by atoms with E-state index in [-0.39, 0.29) is 5.91 Å². The van der Waals surface area contributed by atoms with Crippen LogP contribution in [0.1, 0.15) is 29.8 Å². The molecule has 3 aromatic rings. The highest BCUT2D eigenvalue weighted by Gasteiger charge is 2.31. The van der Waals surface area contributed by atoms with Crippen molar-refractivity contribution >= 4 is 40.3 Å². The lowest BCUT2D eigenvalue weighted by Gasteiger charge is -2.26. The van der Waals surface area contributed by atoms with E-state index in [1.807, 2.05) is 12.1 Å². The summed E-state index contributed by atoms with van der Waals surface area (Å²) in [5.41, 5.74) is 4.08. The van der Waals surface area contributed by atoms with E-state index in [2.05, 4.69) is 61.9 Å². The van der Waals surface area contributed by atoms with Crippen molar-refractivity contribution in [3.63, 3.8) is 0 Å². The third-order valence-electron chi connectivity index (χ3n) is 6.96. The van der Waals surface area contributed by atoms with Crippen molar-refractivity contribution in [1.29, 1.82) is 0 Å². The van der Waals surface area contributed by atoms with Crippen LogP contribution in [0, 0.1) is 0 Å². The van der Waals surface area contributed by atoms with E-state index in [1.165, 1.54) is 11.8 Å². The average Bonchev–Trinajstić information content (AvgIpc) is 3.60. The molecule has 41 heavy (non-hydrogen) atoms. The molecule has 1 aromatic heterocycles. The molecule has 0 aliphatic carbocycles. The SMILES string of the molecule is COCc1ccc(-c2ccc(OCCN3CCOCC3)c(C=C3SC(=S)N(CCCCc4nn[nH]n4)C3=O)c2)cc1. The molecular weight excluding hydrogens is 560 g/mol. The normalized spacial score (nSPS) is 17.1. The zero-order chi connectivity index (χ0) is 28.4. The van der Waals surface area contributed by atoms with E-state index in [4.69, 9.17) is 26.4 Å². The summed E-state index contributed by atoms with van der Waals surface area (Å²) in [5.74, 6) is 1.33. The number of ether oxygens (including phenoxy) is 3. The molecule has 2 aliphatic rings. The van der Waals surface area contributed by atoms with E-state index < -0.39 is 0 Å².